The number of para-hydroxylation sites is 1. The monoisotopic (exact) mass is 334 g/mol. The number of aromatic hydroxyl groups is 1. The van der Waals surface area contributed by atoms with Crippen molar-refractivity contribution in [2.75, 3.05) is 13.1 Å². The zero-order chi connectivity index (χ0) is 17.7. The first-order valence-corrected chi connectivity index (χ1v) is 8.29. The number of piperidine rings is 1. The fourth-order valence-corrected chi connectivity index (χ4v) is 2.68. The maximum atomic E-state index is 12.3. The second-order valence-corrected chi connectivity index (χ2v) is 7.11. The van der Waals surface area contributed by atoms with Gasteiger partial charge in [0, 0.05) is 24.7 Å². The van der Waals surface area contributed by atoms with E-state index in [1.165, 1.54) is 0 Å². The molecule has 24 heavy (non-hydrogen) atoms. The van der Waals surface area contributed by atoms with Crippen molar-refractivity contribution in [3.8, 4) is 5.75 Å². The average Bonchev–Trinajstić information content (AvgIpc) is 2.48. The quantitative estimate of drug-likeness (QED) is 0.890. The molecule has 1 aliphatic heterocycles. The van der Waals surface area contributed by atoms with Gasteiger partial charge in [-0.25, -0.2) is 4.79 Å². The summed E-state index contributed by atoms with van der Waals surface area (Å²) in [5.41, 5.74) is 0.120. The van der Waals surface area contributed by atoms with Gasteiger partial charge in [-0.2, -0.15) is 0 Å². The molecule has 0 atom stereocenters. The Balaban J connectivity index is 1.79. The van der Waals surface area contributed by atoms with Crippen LogP contribution in [0.5, 0.6) is 5.75 Å². The highest BCUT2D eigenvalue weighted by molar-refractivity contribution is 5.79. The van der Waals surface area contributed by atoms with Gasteiger partial charge in [-0.3, -0.25) is 4.79 Å². The van der Waals surface area contributed by atoms with Gasteiger partial charge < -0.3 is 20.1 Å². The van der Waals surface area contributed by atoms with E-state index in [-0.39, 0.29) is 24.1 Å². The number of carbonyl (C=O) groups excluding carboxylic acids is 2. The predicted molar refractivity (Wildman–Crippen MR) is 90.8 cm³/mol. The van der Waals surface area contributed by atoms with Gasteiger partial charge in [0.1, 0.15) is 11.4 Å². The van der Waals surface area contributed by atoms with E-state index in [0.29, 0.717) is 31.5 Å². The molecule has 6 heteroatoms. The highest BCUT2D eigenvalue weighted by Gasteiger charge is 2.26. The molecule has 1 fully saturated rings. The number of phenolic OH excluding ortho intramolecular Hbond substituents is 1. The van der Waals surface area contributed by atoms with Crippen LogP contribution in [0.25, 0.3) is 0 Å². The molecule has 0 spiro atoms. The number of carbonyl (C=O) groups is 2. The van der Waals surface area contributed by atoms with E-state index >= 15 is 0 Å². The van der Waals surface area contributed by atoms with Crippen LogP contribution in [0.4, 0.5) is 4.79 Å². The molecule has 132 valence electrons. The molecular weight excluding hydrogens is 308 g/mol. The van der Waals surface area contributed by atoms with Crippen LogP contribution < -0.4 is 5.32 Å². The molecular formula is C18H26N2O4. The summed E-state index contributed by atoms with van der Waals surface area (Å²) in [7, 11) is 0. The summed E-state index contributed by atoms with van der Waals surface area (Å²) in [6.07, 6.45) is 1.18. The van der Waals surface area contributed by atoms with Crippen LogP contribution in [-0.4, -0.2) is 46.7 Å². The number of ether oxygens (including phenoxy) is 1. The summed E-state index contributed by atoms with van der Waals surface area (Å²) >= 11 is 0. The fourth-order valence-electron chi connectivity index (χ4n) is 2.68. The first kappa shape index (κ1) is 18.1. The summed E-state index contributed by atoms with van der Waals surface area (Å²) in [4.78, 5) is 25.9. The Morgan fingerprint density at radius 3 is 2.46 bits per heavy atom. The molecule has 0 bridgehead atoms. The first-order chi connectivity index (χ1) is 11.2. The van der Waals surface area contributed by atoms with Crippen molar-refractivity contribution in [2.24, 2.45) is 0 Å². The van der Waals surface area contributed by atoms with Gasteiger partial charge in [0.25, 0.3) is 0 Å². The smallest absolute Gasteiger partial charge is 0.407 e. The summed E-state index contributed by atoms with van der Waals surface area (Å²) in [6, 6.07) is 6.90. The molecule has 1 heterocycles. The van der Waals surface area contributed by atoms with E-state index < -0.39 is 11.7 Å². The lowest BCUT2D eigenvalue weighted by Crippen LogP contribution is -2.48. The van der Waals surface area contributed by atoms with Crippen LogP contribution in [0.15, 0.2) is 24.3 Å². The van der Waals surface area contributed by atoms with Gasteiger partial charge in [-0.05, 0) is 39.7 Å². The zero-order valence-electron chi connectivity index (χ0n) is 14.5. The van der Waals surface area contributed by atoms with Crippen molar-refractivity contribution in [1.29, 1.82) is 0 Å². The van der Waals surface area contributed by atoms with Crippen molar-refractivity contribution in [1.82, 2.24) is 10.2 Å². The van der Waals surface area contributed by atoms with Crippen LogP contribution in [0.1, 0.15) is 39.2 Å². The van der Waals surface area contributed by atoms with Crippen molar-refractivity contribution < 1.29 is 19.4 Å². The number of amides is 2. The molecule has 2 N–H and O–H groups in total. The van der Waals surface area contributed by atoms with Crippen molar-refractivity contribution >= 4 is 12.0 Å². The third-order valence-electron chi connectivity index (χ3n) is 3.90. The topological polar surface area (TPSA) is 78.9 Å². The van der Waals surface area contributed by atoms with Gasteiger partial charge in [0.15, 0.2) is 0 Å². The van der Waals surface area contributed by atoms with Crippen LogP contribution >= 0.6 is 0 Å². The summed E-state index contributed by atoms with van der Waals surface area (Å²) < 4.78 is 5.25. The standard InChI is InChI=1S/C18H26N2O4/c1-18(2,3)24-17(23)19-14-8-10-20(11-9-14)16(22)12-13-6-4-5-7-15(13)21/h4-7,14,21H,8-12H2,1-3H3,(H,19,23). The van der Waals surface area contributed by atoms with Crippen molar-refractivity contribution in [3.05, 3.63) is 29.8 Å². The van der Waals surface area contributed by atoms with E-state index in [4.69, 9.17) is 4.74 Å². The van der Waals surface area contributed by atoms with E-state index in [0.717, 1.165) is 0 Å². The zero-order valence-corrected chi connectivity index (χ0v) is 14.5. The van der Waals surface area contributed by atoms with Gasteiger partial charge in [-0.15, -0.1) is 0 Å². The molecule has 1 saturated heterocycles. The Morgan fingerprint density at radius 2 is 1.88 bits per heavy atom. The highest BCUT2D eigenvalue weighted by atomic mass is 16.6. The van der Waals surface area contributed by atoms with Gasteiger partial charge >= 0.3 is 6.09 Å². The number of benzene rings is 1. The summed E-state index contributed by atoms with van der Waals surface area (Å²) in [5.74, 6) is 0.138. The molecule has 1 aliphatic rings. The number of hydrogen-bond acceptors (Lipinski definition) is 4. The third kappa shape index (κ3) is 5.44. The minimum absolute atomic E-state index is 0.00721. The molecule has 2 rings (SSSR count). The summed E-state index contributed by atoms with van der Waals surface area (Å²) in [5, 5.41) is 12.6. The number of likely N-dealkylation sites (tertiary alicyclic amines) is 1. The second-order valence-electron chi connectivity index (χ2n) is 7.11. The van der Waals surface area contributed by atoms with E-state index in [2.05, 4.69) is 5.32 Å². The van der Waals surface area contributed by atoms with Gasteiger partial charge in [0.05, 0.1) is 6.42 Å². The minimum Gasteiger partial charge on any atom is -0.508 e. The Kier molecular flexibility index (Phi) is 5.70. The molecule has 0 aromatic heterocycles. The number of nitrogens with one attached hydrogen (secondary N) is 1. The fraction of sp³-hybridized carbons (Fsp3) is 0.556. The van der Waals surface area contributed by atoms with Crippen molar-refractivity contribution in [3.63, 3.8) is 0 Å². The number of nitrogens with zero attached hydrogens (tertiary/aromatic N) is 1. The SMILES string of the molecule is CC(C)(C)OC(=O)NC1CCN(C(=O)Cc2ccccc2O)CC1. The average molecular weight is 334 g/mol. The highest BCUT2D eigenvalue weighted by Crippen LogP contribution is 2.19. The molecule has 0 unspecified atom stereocenters. The van der Waals surface area contributed by atoms with Crippen LogP contribution in [0, 0.1) is 0 Å². The predicted octanol–water partition coefficient (Wildman–Crippen LogP) is 2.45. The Hall–Kier alpha value is -2.24. The second kappa shape index (κ2) is 7.55. The lowest BCUT2D eigenvalue weighted by Gasteiger charge is -2.33. The lowest BCUT2D eigenvalue weighted by atomic mass is 10.0. The molecule has 1 aromatic rings. The Labute approximate surface area is 142 Å². The minimum atomic E-state index is -0.515. The van der Waals surface area contributed by atoms with E-state index in [1.54, 1.807) is 29.2 Å². The molecule has 0 aliphatic carbocycles. The number of phenols is 1. The van der Waals surface area contributed by atoms with Crippen molar-refractivity contribution in [2.45, 2.75) is 51.7 Å². The van der Waals surface area contributed by atoms with E-state index in [9.17, 15) is 14.7 Å². The number of hydrogen-bond donors (Lipinski definition) is 2. The number of alkyl carbamates (subject to hydrolysis) is 1. The van der Waals surface area contributed by atoms with Gasteiger partial charge in [0.2, 0.25) is 5.91 Å². The largest absolute Gasteiger partial charge is 0.508 e. The third-order valence-corrected chi connectivity index (χ3v) is 3.90. The first-order valence-electron chi connectivity index (χ1n) is 8.29. The maximum Gasteiger partial charge on any atom is 0.407 e. The molecule has 2 amide bonds. The Morgan fingerprint density at radius 1 is 1.25 bits per heavy atom. The molecule has 1 aromatic carbocycles. The lowest BCUT2D eigenvalue weighted by molar-refractivity contribution is -0.131. The van der Waals surface area contributed by atoms with E-state index in [1.807, 2.05) is 20.8 Å². The van der Waals surface area contributed by atoms with Crippen LogP contribution in [0.2, 0.25) is 0 Å². The van der Waals surface area contributed by atoms with Crippen LogP contribution in [0.3, 0.4) is 0 Å². The summed E-state index contributed by atoms with van der Waals surface area (Å²) in [6.45, 7) is 6.66. The van der Waals surface area contributed by atoms with Gasteiger partial charge in [-0.1, -0.05) is 18.2 Å². The van der Waals surface area contributed by atoms with Crippen LogP contribution in [-0.2, 0) is 16.0 Å². The number of rotatable bonds is 3. The molecule has 0 saturated carbocycles. The normalized spacial score (nSPS) is 15.9. The molecule has 6 nitrogen and oxygen atoms in total. The Bertz CT molecular complexity index is 587. The maximum absolute atomic E-state index is 12.3. The molecule has 0 radical (unpaired) electrons.